The highest BCUT2D eigenvalue weighted by Gasteiger charge is 2.33. The molecule has 0 spiro atoms. The molecule has 2 atom stereocenters. The lowest BCUT2D eigenvalue weighted by Gasteiger charge is -2.14. The first-order valence-electron chi connectivity index (χ1n) is 7.51. The van der Waals surface area contributed by atoms with E-state index in [4.69, 9.17) is 0 Å². The van der Waals surface area contributed by atoms with Crippen LogP contribution in [-0.2, 0) is 6.54 Å². The molecule has 2 unspecified atom stereocenters. The molecule has 1 aliphatic carbocycles. The minimum atomic E-state index is -0.207. The van der Waals surface area contributed by atoms with Crippen LogP contribution in [0.25, 0.3) is 0 Å². The third kappa shape index (κ3) is 5.30. The lowest BCUT2D eigenvalue weighted by atomic mass is 10.2. The maximum absolute atomic E-state index is 13.9. The van der Waals surface area contributed by atoms with E-state index < -0.39 is 0 Å². The number of rotatable bonds is 5. The van der Waals surface area contributed by atoms with Crippen molar-refractivity contribution in [2.45, 2.75) is 32.9 Å². The zero-order valence-electron chi connectivity index (χ0n) is 13.7. The fourth-order valence-electron chi connectivity index (χ4n) is 2.20. The summed E-state index contributed by atoms with van der Waals surface area (Å²) in [5.74, 6) is 1.32. The summed E-state index contributed by atoms with van der Waals surface area (Å²) in [6.07, 6.45) is 1.19. The Balaban J connectivity index is 0.00000242. The highest BCUT2D eigenvalue weighted by atomic mass is 127. The van der Waals surface area contributed by atoms with Gasteiger partial charge in [0.1, 0.15) is 5.82 Å². The Morgan fingerprint density at radius 2 is 2.09 bits per heavy atom. The van der Waals surface area contributed by atoms with Crippen molar-refractivity contribution in [3.8, 4) is 0 Å². The Bertz CT molecular complexity index is 519. The van der Waals surface area contributed by atoms with Crippen molar-refractivity contribution < 1.29 is 4.39 Å². The number of hydrogen-bond acceptors (Lipinski definition) is 2. The summed E-state index contributed by atoms with van der Waals surface area (Å²) in [5.41, 5.74) is 1.47. The molecule has 0 heterocycles. The number of benzene rings is 1. The Kier molecular flexibility index (Phi) is 7.38. The van der Waals surface area contributed by atoms with Crippen molar-refractivity contribution in [3.05, 3.63) is 29.6 Å². The van der Waals surface area contributed by atoms with E-state index in [1.165, 1.54) is 6.42 Å². The first kappa shape index (κ1) is 19.0. The first-order chi connectivity index (χ1) is 10.0. The summed E-state index contributed by atoms with van der Waals surface area (Å²) in [5, 5.41) is 6.62. The topological polar surface area (TPSA) is 39.7 Å². The molecule has 0 aliphatic heterocycles. The molecule has 2 N–H and O–H groups in total. The van der Waals surface area contributed by atoms with E-state index in [2.05, 4.69) is 22.5 Å². The van der Waals surface area contributed by atoms with Gasteiger partial charge in [0.25, 0.3) is 0 Å². The second-order valence-corrected chi connectivity index (χ2v) is 5.84. The first-order valence-corrected chi connectivity index (χ1v) is 7.51. The van der Waals surface area contributed by atoms with Gasteiger partial charge >= 0.3 is 0 Å². The highest BCUT2D eigenvalue weighted by Crippen LogP contribution is 2.28. The van der Waals surface area contributed by atoms with Gasteiger partial charge in [-0.1, -0.05) is 13.0 Å². The number of anilines is 1. The minimum absolute atomic E-state index is 0. The number of hydrogen-bond donors (Lipinski definition) is 2. The van der Waals surface area contributed by atoms with Gasteiger partial charge in [0, 0.05) is 26.7 Å². The zero-order valence-corrected chi connectivity index (χ0v) is 16.0. The average molecular weight is 420 g/mol. The second-order valence-electron chi connectivity index (χ2n) is 5.84. The molecule has 6 heteroatoms. The maximum atomic E-state index is 13.9. The highest BCUT2D eigenvalue weighted by molar-refractivity contribution is 14.0. The van der Waals surface area contributed by atoms with E-state index >= 15 is 0 Å². The van der Waals surface area contributed by atoms with Crippen molar-refractivity contribution in [2.75, 3.05) is 25.5 Å². The Labute approximate surface area is 149 Å². The smallest absolute Gasteiger partial charge is 0.191 e. The van der Waals surface area contributed by atoms with Crippen LogP contribution in [-0.4, -0.2) is 32.6 Å². The van der Waals surface area contributed by atoms with Gasteiger partial charge in [-0.2, -0.15) is 0 Å². The minimum Gasteiger partial charge on any atom is -0.375 e. The van der Waals surface area contributed by atoms with Crippen LogP contribution in [0.5, 0.6) is 0 Å². The van der Waals surface area contributed by atoms with Crippen molar-refractivity contribution in [2.24, 2.45) is 10.9 Å². The number of halogens is 2. The van der Waals surface area contributed by atoms with Gasteiger partial charge in [0.15, 0.2) is 5.96 Å². The summed E-state index contributed by atoms with van der Waals surface area (Å²) in [7, 11) is 3.67. The summed E-state index contributed by atoms with van der Waals surface area (Å²) in [4.78, 5) is 6.29. The summed E-state index contributed by atoms with van der Waals surface area (Å²) in [6.45, 7) is 5.55. The molecular weight excluding hydrogens is 394 g/mol. The summed E-state index contributed by atoms with van der Waals surface area (Å²) >= 11 is 0. The van der Waals surface area contributed by atoms with Gasteiger partial charge in [-0.15, -0.1) is 24.0 Å². The molecule has 22 heavy (non-hydrogen) atoms. The van der Waals surface area contributed by atoms with Crippen LogP contribution in [0.3, 0.4) is 0 Å². The van der Waals surface area contributed by atoms with Gasteiger partial charge in [0.05, 0.1) is 12.2 Å². The number of guanidine groups is 1. The van der Waals surface area contributed by atoms with Crippen LogP contribution in [0.4, 0.5) is 10.1 Å². The number of nitrogens with zero attached hydrogens (tertiary/aromatic N) is 2. The molecular formula is C16H26FIN4. The lowest BCUT2D eigenvalue weighted by molar-refractivity contribution is 0.623. The Hall–Kier alpha value is -1.05. The van der Waals surface area contributed by atoms with Gasteiger partial charge in [0.2, 0.25) is 0 Å². The molecule has 4 nitrogen and oxygen atoms in total. The second kappa shape index (κ2) is 8.55. The lowest BCUT2D eigenvalue weighted by Crippen LogP contribution is -2.39. The van der Waals surface area contributed by atoms with Crippen molar-refractivity contribution in [1.29, 1.82) is 0 Å². The standard InChI is InChI=1S/C16H25FN4.HI/c1-5-18-16(20-14-8-11(14)2)19-10-12-6-7-15(21(3)4)13(17)9-12;/h6-7,9,11,14H,5,8,10H2,1-4H3,(H2,18,19,20);1H. The molecule has 0 aromatic heterocycles. The number of aliphatic imine (C=N–C) groups is 1. The molecule has 0 saturated heterocycles. The van der Waals surface area contributed by atoms with Crippen LogP contribution in [0.1, 0.15) is 25.8 Å². The van der Waals surface area contributed by atoms with Crippen LogP contribution < -0.4 is 15.5 Å². The van der Waals surface area contributed by atoms with E-state index in [9.17, 15) is 4.39 Å². The summed E-state index contributed by atoms with van der Waals surface area (Å²) < 4.78 is 13.9. The largest absolute Gasteiger partial charge is 0.375 e. The monoisotopic (exact) mass is 420 g/mol. The Morgan fingerprint density at radius 3 is 2.59 bits per heavy atom. The fourth-order valence-corrected chi connectivity index (χ4v) is 2.20. The van der Waals surface area contributed by atoms with Crippen molar-refractivity contribution in [3.63, 3.8) is 0 Å². The predicted molar refractivity (Wildman–Crippen MR) is 102 cm³/mol. The van der Waals surface area contributed by atoms with Crippen LogP contribution in [0.2, 0.25) is 0 Å². The third-order valence-electron chi connectivity index (χ3n) is 3.69. The SMILES string of the molecule is CCNC(=NCc1ccc(N(C)C)c(F)c1)NC1CC1C.I. The van der Waals surface area contributed by atoms with Gasteiger partial charge in [-0.25, -0.2) is 9.38 Å². The van der Waals surface area contributed by atoms with E-state index in [1.807, 2.05) is 27.1 Å². The van der Waals surface area contributed by atoms with Crippen LogP contribution in [0, 0.1) is 11.7 Å². The summed E-state index contributed by atoms with van der Waals surface area (Å²) in [6, 6.07) is 5.80. The fraction of sp³-hybridized carbons (Fsp3) is 0.562. The molecule has 1 aromatic carbocycles. The molecule has 2 rings (SSSR count). The van der Waals surface area contributed by atoms with E-state index in [1.54, 1.807) is 17.0 Å². The molecule has 0 radical (unpaired) electrons. The molecule has 1 aromatic rings. The van der Waals surface area contributed by atoms with Gasteiger partial charge < -0.3 is 15.5 Å². The molecule has 1 saturated carbocycles. The average Bonchev–Trinajstić information content (AvgIpc) is 3.11. The molecule has 124 valence electrons. The van der Waals surface area contributed by atoms with Crippen molar-refractivity contribution in [1.82, 2.24) is 10.6 Å². The van der Waals surface area contributed by atoms with Crippen LogP contribution in [0.15, 0.2) is 23.2 Å². The maximum Gasteiger partial charge on any atom is 0.191 e. The van der Waals surface area contributed by atoms with Crippen LogP contribution >= 0.6 is 24.0 Å². The molecule has 1 aliphatic rings. The quantitative estimate of drug-likeness (QED) is 0.437. The number of nitrogens with one attached hydrogen (secondary N) is 2. The zero-order chi connectivity index (χ0) is 15.4. The molecule has 0 amide bonds. The predicted octanol–water partition coefficient (Wildman–Crippen LogP) is 2.97. The molecule has 1 fully saturated rings. The van der Waals surface area contributed by atoms with E-state index in [-0.39, 0.29) is 29.8 Å². The normalized spacial score (nSPS) is 20.1. The van der Waals surface area contributed by atoms with Gasteiger partial charge in [-0.05, 0) is 37.0 Å². The van der Waals surface area contributed by atoms with E-state index in [0.29, 0.717) is 24.2 Å². The Morgan fingerprint density at radius 1 is 1.41 bits per heavy atom. The third-order valence-corrected chi connectivity index (χ3v) is 3.69. The van der Waals surface area contributed by atoms with Gasteiger partial charge in [-0.3, -0.25) is 0 Å². The van der Waals surface area contributed by atoms with E-state index in [0.717, 1.165) is 18.1 Å². The van der Waals surface area contributed by atoms with Crippen molar-refractivity contribution >= 4 is 35.6 Å². The molecule has 0 bridgehead atoms.